The number of ether oxygens (including phenoxy) is 1. The van der Waals surface area contributed by atoms with Gasteiger partial charge in [-0.1, -0.05) is 53.7 Å². The quantitative estimate of drug-likeness (QED) is 0.141. The molecule has 1 aliphatic heterocycles. The first kappa shape index (κ1) is 33.6. The molecule has 0 bridgehead atoms. The first-order chi connectivity index (χ1) is 20.3. The maximum Gasteiger partial charge on any atom is 0.325 e. The molecule has 0 unspecified atom stereocenters. The smallest absolute Gasteiger partial charge is 0.325 e. The Balaban J connectivity index is 1.57. The highest BCUT2D eigenvalue weighted by Gasteiger charge is 2.47. The van der Waals surface area contributed by atoms with Crippen LogP contribution in [-0.4, -0.2) is 65.9 Å². The average Bonchev–Trinajstić information content (AvgIpc) is 3.50. The molecule has 3 aromatic rings. The largest absolute Gasteiger partial charge is 0.414 e. The Labute approximate surface area is 260 Å². The molecule has 44 heavy (non-hydrogen) atoms. The summed E-state index contributed by atoms with van der Waals surface area (Å²) in [5, 5.41) is 16.6. The van der Waals surface area contributed by atoms with Crippen LogP contribution in [0.5, 0.6) is 0 Å². The summed E-state index contributed by atoms with van der Waals surface area (Å²) in [5.41, 5.74) is 0.670. The van der Waals surface area contributed by atoms with E-state index < -0.39 is 33.8 Å². The fourth-order valence-corrected chi connectivity index (χ4v) is 6.73. The van der Waals surface area contributed by atoms with Crippen molar-refractivity contribution in [2.75, 3.05) is 17.2 Å². The number of benzene rings is 1. The lowest BCUT2D eigenvalue weighted by Gasteiger charge is -2.40. The fourth-order valence-electron chi connectivity index (χ4n) is 4.36. The average molecular weight is 644 g/mol. The maximum atomic E-state index is 12.8. The molecular formula is C29H45N7O6Si2. The third-order valence-electron chi connectivity index (χ3n) is 9.10. The first-order valence-electron chi connectivity index (χ1n) is 14.8. The third-order valence-corrected chi connectivity index (χ3v) is 18.1. The van der Waals surface area contributed by atoms with Crippen molar-refractivity contribution in [3.63, 3.8) is 0 Å². The molecule has 2 amide bonds. The molecule has 2 N–H and O–H groups in total. The summed E-state index contributed by atoms with van der Waals surface area (Å²) >= 11 is 0. The Kier molecular flexibility index (Phi) is 9.38. The van der Waals surface area contributed by atoms with Gasteiger partial charge in [0.05, 0.1) is 24.0 Å². The third kappa shape index (κ3) is 7.17. The van der Waals surface area contributed by atoms with E-state index in [4.69, 9.17) is 13.6 Å². The molecule has 4 rings (SSSR count). The van der Waals surface area contributed by atoms with Gasteiger partial charge >= 0.3 is 6.03 Å². The minimum Gasteiger partial charge on any atom is -0.414 e. The summed E-state index contributed by atoms with van der Waals surface area (Å²) in [5.74, 6) is 0.162. The number of carbonyl (C=O) groups excluding carboxylic acids is 1. The zero-order valence-corrected chi connectivity index (χ0v) is 29.3. The number of urea groups is 1. The molecule has 0 saturated carbocycles. The number of hydrogen-bond donors (Lipinski definition) is 2. The van der Waals surface area contributed by atoms with Crippen LogP contribution in [-0.2, 0) is 13.6 Å². The molecule has 2 aromatic heterocycles. The monoisotopic (exact) mass is 643 g/mol. The number of nitrogens with one attached hydrogen (secondary N) is 2. The number of nitro groups is 1. The van der Waals surface area contributed by atoms with Crippen molar-refractivity contribution in [1.82, 2.24) is 19.5 Å². The number of nitrogens with zero attached hydrogens (tertiary/aromatic N) is 5. The van der Waals surface area contributed by atoms with Crippen LogP contribution in [0.2, 0.25) is 36.3 Å². The van der Waals surface area contributed by atoms with Crippen LogP contribution >= 0.6 is 0 Å². The molecule has 13 nitrogen and oxygen atoms in total. The Hall–Kier alpha value is -3.25. The van der Waals surface area contributed by atoms with Gasteiger partial charge in [0.2, 0.25) is 0 Å². The zero-order chi connectivity index (χ0) is 32.7. The number of amides is 2. The van der Waals surface area contributed by atoms with Crippen molar-refractivity contribution in [3.8, 4) is 0 Å². The molecule has 0 spiro atoms. The van der Waals surface area contributed by atoms with Crippen LogP contribution in [0.1, 0.15) is 54.2 Å². The number of fused-ring (bicyclic) bond motifs is 1. The lowest BCUT2D eigenvalue weighted by Crippen LogP contribution is -2.48. The van der Waals surface area contributed by atoms with E-state index in [1.807, 2.05) is 4.57 Å². The van der Waals surface area contributed by atoms with Gasteiger partial charge in [-0.15, -0.1) is 0 Å². The molecule has 1 saturated heterocycles. The van der Waals surface area contributed by atoms with E-state index in [-0.39, 0.29) is 39.5 Å². The van der Waals surface area contributed by atoms with E-state index in [9.17, 15) is 14.9 Å². The normalized spacial score (nSPS) is 19.7. The lowest BCUT2D eigenvalue weighted by molar-refractivity contribution is -0.383. The predicted octanol–water partition coefficient (Wildman–Crippen LogP) is 7.08. The molecule has 1 aliphatic rings. The summed E-state index contributed by atoms with van der Waals surface area (Å²) in [6.45, 7) is 22.6. The van der Waals surface area contributed by atoms with Crippen LogP contribution in [0, 0.1) is 10.1 Å². The molecule has 1 aromatic carbocycles. The highest BCUT2D eigenvalue weighted by Crippen LogP contribution is 2.43. The van der Waals surface area contributed by atoms with Gasteiger partial charge in [-0.3, -0.25) is 20.0 Å². The van der Waals surface area contributed by atoms with Gasteiger partial charge in [0.25, 0.3) is 5.69 Å². The van der Waals surface area contributed by atoms with Gasteiger partial charge in [-0.25, -0.2) is 19.7 Å². The second-order valence-corrected chi connectivity index (χ2v) is 23.8. The Morgan fingerprint density at radius 1 is 1.05 bits per heavy atom. The van der Waals surface area contributed by atoms with Crippen LogP contribution in [0.25, 0.3) is 11.2 Å². The van der Waals surface area contributed by atoms with Gasteiger partial charge in [0.15, 0.2) is 33.6 Å². The van der Waals surface area contributed by atoms with Gasteiger partial charge in [-0.2, -0.15) is 0 Å². The highest BCUT2D eigenvalue weighted by atomic mass is 28.4. The molecule has 15 heteroatoms. The van der Waals surface area contributed by atoms with E-state index in [0.717, 1.165) is 0 Å². The summed E-state index contributed by atoms with van der Waals surface area (Å²) in [6, 6.07) is 5.19. The van der Waals surface area contributed by atoms with E-state index in [1.54, 1.807) is 12.4 Å². The molecule has 3 atom stereocenters. The molecule has 3 heterocycles. The Morgan fingerprint density at radius 3 is 2.34 bits per heavy atom. The topological polar surface area (TPSA) is 156 Å². The minimum absolute atomic E-state index is 0.0200. The minimum atomic E-state index is -2.13. The Bertz CT molecular complexity index is 1520. The molecule has 0 aliphatic carbocycles. The van der Waals surface area contributed by atoms with Gasteiger partial charge < -0.3 is 18.9 Å². The number of hydrogen-bond acceptors (Lipinski definition) is 9. The number of nitro benzene ring substituents is 1. The number of imidazole rings is 1. The maximum absolute atomic E-state index is 12.8. The van der Waals surface area contributed by atoms with Gasteiger partial charge in [0, 0.05) is 12.5 Å². The van der Waals surface area contributed by atoms with Crippen molar-refractivity contribution < 1.29 is 23.3 Å². The summed E-state index contributed by atoms with van der Waals surface area (Å²) in [6.07, 6.45) is 2.63. The van der Waals surface area contributed by atoms with Gasteiger partial charge in [0.1, 0.15) is 24.3 Å². The van der Waals surface area contributed by atoms with Crippen LogP contribution < -0.4 is 10.6 Å². The van der Waals surface area contributed by atoms with Crippen LogP contribution in [0.3, 0.4) is 0 Å². The molecule has 0 radical (unpaired) electrons. The summed E-state index contributed by atoms with van der Waals surface area (Å²) < 4.78 is 21.9. The number of anilines is 2. The Morgan fingerprint density at radius 2 is 1.70 bits per heavy atom. The second kappa shape index (κ2) is 12.3. The standard InChI is InChI=1S/C29H45N7O6Si2/c1-28(2,3)43(7,8)40-16-22-21(42-44(9,10)29(4,5)6)15-23(41-22)35-18-32-24-25(30-17-31-26(24)35)34-27(37)33-19-13-11-12-14-20(19)36(38)39/h11-14,17-18,21-23H,15-16H2,1-10H3,(H2,30,31,33,34,37)/t21-,22+,23+/m0/s1. The zero-order valence-electron chi connectivity index (χ0n) is 27.3. The van der Waals surface area contributed by atoms with E-state index in [0.29, 0.717) is 24.2 Å². The number of para-hydroxylation sites is 2. The van der Waals surface area contributed by atoms with Crippen LogP contribution in [0.4, 0.5) is 22.0 Å². The lowest BCUT2D eigenvalue weighted by atomic mass is 10.2. The summed E-state index contributed by atoms with van der Waals surface area (Å²) in [7, 11) is -4.17. The van der Waals surface area contributed by atoms with Crippen molar-refractivity contribution in [2.24, 2.45) is 0 Å². The molecule has 1 fully saturated rings. The van der Waals surface area contributed by atoms with E-state index in [2.05, 4.69) is 93.3 Å². The fraction of sp³-hybridized carbons (Fsp3) is 0.586. The number of carbonyl (C=O) groups is 1. The van der Waals surface area contributed by atoms with Crippen molar-refractivity contribution in [2.45, 2.75) is 103 Å². The number of rotatable bonds is 9. The SMILES string of the molecule is CC(C)(C)[Si](C)(C)OC[C@H]1O[C@@H](n2cnc3c(NC(=O)Nc4ccccc4[N+](=O)[O-])ncnc32)C[C@@H]1O[Si](C)(C)C(C)(C)C. The number of aromatic nitrogens is 4. The highest BCUT2D eigenvalue weighted by molar-refractivity contribution is 6.74. The van der Waals surface area contributed by atoms with Gasteiger partial charge in [-0.05, 0) is 42.3 Å². The molecular weight excluding hydrogens is 599 g/mol. The second-order valence-electron chi connectivity index (χ2n) is 14.3. The van der Waals surface area contributed by atoms with Crippen molar-refractivity contribution in [3.05, 3.63) is 47.0 Å². The predicted molar refractivity (Wildman–Crippen MR) is 175 cm³/mol. The first-order valence-corrected chi connectivity index (χ1v) is 20.6. The summed E-state index contributed by atoms with van der Waals surface area (Å²) in [4.78, 5) is 36.7. The van der Waals surface area contributed by atoms with Crippen LogP contribution in [0.15, 0.2) is 36.9 Å². The van der Waals surface area contributed by atoms with Crippen molar-refractivity contribution >= 4 is 51.0 Å². The molecule has 240 valence electrons. The van der Waals surface area contributed by atoms with E-state index in [1.165, 1.54) is 24.5 Å². The van der Waals surface area contributed by atoms with E-state index >= 15 is 0 Å². The van der Waals surface area contributed by atoms with Crippen molar-refractivity contribution in [1.29, 1.82) is 0 Å².